The first kappa shape index (κ1) is 28.2. The number of phosphoric acid groups is 2. The number of aliphatic hydroxyl groups is 5. The number of H-pyrrole nitrogens is 1. The maximum Gasteiger partial charge on any atom is 0.486 e. The third-order valence-electron chi connectivity index (χ3n) is 5.11. The number of aromatic amines is 1. The number of rotatable bonds is 8. The molecular weight excluding hydrogens is 526 g/mol. The minimum Gasteiger partial charge on any atom is -0.388 e. The van der Waals surface area contributed by atoms with Gasteiger partial charge in [0.25, 0.3) is 5.56 Å². The third-order valence-corrected chi connectivity index (χ3v) is 7.69. The standard InChI is InChI=1S/C15H24N2O16P2/c1-5-8(19)10(21)12(23)14(30-5)32-35(28,33-34(25,26)27)29-4-6-9(20)11(22)13(31-6)17-3-2-7(18)16-15(17)24/h2-3,5-6,8-14,19-23H,4H2,1H3,(H,16,18,24)(H2,25,26,27)/t5-,6+,8-,9?,10+,11?,12-,13+,14+,35?/m1/s1. The van der Waals surface area contributed by atoms with Crippen molar-refractivity contribution in [3.63, 3.8) is 0 Å². The molecule has 18 nitrogen and oxygen atoms in total. The Balaban J connectivity index is 1.76. The number of hydrogen-bond donors (Lipinski definition) is 8. The molecule has 0 spiro atoms. The molecule has 0 saturated carbocycles. The van der Waals surface area contributed by atoms with Gasteiger partial charge in [-0.2, -0.15) is 4.31 Å². The van der Waals surface area contributed by atoms with Crippen LogP contribution in [0.2, 0.25) is 0 Å². The molecule has 0 radical (unpaired) electrons. The Morgan fingerprint density at radius 1 is 1.00 bits per heavy atom. The van der Waals surface area contributed by atoms with Crippen molar-refractivity contribution in [1.29, 1.82) is 0 Å². The van der Waals surface area contributed by atoms with Gasteiger partial charge in [-0.05, 0) is 6.92 Å². The number of ether oxygens (including phenoxy) is 2. The lowest BCUT2D eigenvalue weighted by molar-refractivity contribution is -0.272. The summed E-state index contributed by atoms with van der Waals surface area (Å²) >= 11 is 0. The zero-order valence-corrected chi connectivity index (χ0v) is 19.5. The summed E-state index contributed by atoms with van der Waals surface area (Å²) in [5, 5.41) is 50.0. The lowest BCUT2D eigenvalue weighted by Gasteiger charge is -2.39. The molecule has 8 N–H and O–H groups in total. The van der Waals surface area contributed by atoms with Crippen LogP contribution in [-0.4, -0.2) is 100 Å². The average molecular weight is 550 g/mol. The summed E-state index contributed by atoms with van der Waals surface area (Å²) < 4.78 is 49.1. The Kier molecular flexibility index (Phi) is 8.52. The van der Waals surface area contributed by atoms with Gasteiger partial charge in [-0.25, -0.2) is 13.9 Å². The molecule has 0 aliphatic carbocycles. The first-order chi connectivity index (χ1) is 16.1. The van der Waals surface area contributed by atoms with Crippen LogP contribution in [0.4, 0.5) is 0 Å². The molecular formula is C15H24N2O16P2. The van der Waals surface area contributed by atoms with Crippen molar-refractivity contribution in [2.24, 2.45) is 0 Å². The second-order valence-corrected chi connectivity index (χ2v) is 10.7. The summed E-state index contributed by atoms with van der Waals surface area (Å²) in [4.78, 5) is 43.3. The highest BCUT2D eigenvalue weighted by molar-refractivity contribution is 7.61. The van der Waals surface area contributed by atoms with Gasteiger partial charge in [0.15, 0.2) is 12.5 Å². The van der Waals surface area contributed by atoms with Crippen molar-refractivity contribution < 1.29 is 67.3 Å². The summed E-state index contributed by atoms with van der Waals surface area (Å²) in [7, 11) is -10.9. The van der Waals surface area contributed by atoms with Gasteiger partial charge in [0, 0.05) is 12.3 Å². The van der Waals surface area contributed by atoms with Gasteiger partial charge < -0.3 is 44.8 Å². The fraction of sp³-hybridized carbons (Fsp3) is 0.733. The van der Waals surface area contributed by atoms with Crippen molar-refractivity contribution in [1.82, 2.24) is 9.55 Å². The minimum atomic E-state index is -5.57. The average Bonchev–Trinajstić information content (AvgIpc) is 3.02. The topological polar surface area (TPSA) is 277 Å². The second-order valence-electron chi connectivity index (χ2n) is 7.67. The molecule has 2 saturated heterocycles. The van der Waals surface area contributed by atoms with Gasteiger partial charge in [-0.15, -0.1) is 0 Å². The highest BCUT2D eigenvalue weighted by Crippen LogP contribution is 2.62. The zero-order valence-electron chi connectivity index (χ0n) is 17.7. The van der Waals surface area contributed by atoms with Crippen LogP contribution >= 0.6 is 15.6 Å². The van der Waals surface area contributed by atoms with Crippen LogP contribution in [0.3, 0.4) is 0 Å². The number of nitrogens with one attached hydrogen (secondary N) is 1. The number of phosphoric ester groups is 1. The van der Waals surface area contributed by atoms with Gasteiger partial charge in [0.05, 0.1) is 12.7 Å². The number of hydrogen-bond acceptors (Lipinski definition) is 14. The molecule has 3 rings (SSSR count). The molecule has 3 heterocycles. The molecule has 2 fully saturated rings. The van der Waals surface area contributed by atoms with E-state index in [4.69, 9.17) is 28.3 Å². The summed E-state index contributed by atoms with van der Waals surface area (Å²) in [5.74, 6) is 0. The van der Waals surface area contributed by atoms with Gasteiger partial charge in [0.2, 0.25) is 0 Å². The first-order valence-corrected chi connectivity index (χ1v) is 12.8. The van der Waals surface area contributed by atoms with Crippen LogP contribution in [0.1, 0.15) is 13.2 Å². The molecule has 2 aliphatic heterocycles. The molecule has 0 amide bonds. The zero-order chi connectivity index (χ0) is 26.3. The predicted octanol–water partition coefficient (Wildman–Crippen LogP) is -3.77. The van der Waals surface area contributed by atoms with Crippen molar-refractivity contribution in [2.75, 3.05) is 6.61 Å². The highest BCUT2D eigenvalue weighted by atomic mass is 31.3. The van der Waals surface area contributed by atoms with E-state index in [0.29, 0.717) is 0 Å². The van der Waals surface area contributed by atoms with Crippen molar-refractivity contribution in [2.45, 2.75) is 62.2 Å². The van der Waals surface area contributed by atoms with E-state index in [1.807, 2.05) is 4.98 Å². The van der Waals surface area contributed by atoms with Gasteiger partial charge >= 0.3 is 21.3 Å². The van der Waals surface area contributed by atoms with E-state index in [9.17, 15) is 44.3 Å². The number of aliphatic hydroxyl groups excluding tert-OH is 5. The molecule has 1 aromatic rings. The van der Waals surface area contributed by atoms with Crippen LogP contribution < -0.4 is 11.2 Å². The van der Waals surface area contributed by atoms with Crippen molar-refractivity contribution >= 4 is 15.6 Å². The summed E-state index contributed by atoms with van der Waals surface area (Å²) in [6.45, 7) is 0.239. The first-order valence-electron chi connectivity index (χ1n) is 9.84. The monoisotopic (exact) mass is 550 g/mol. The molecule has 0 bridgehead atoms. The number of aromatic nitrogens is 2. The number of nitrogens with zero attached hydrogens (tertiary/aromatic N) is 1. The summed E-state index contributed by atoms with van der Waals surface area (Å²) in [6, 6.07) is 0.936. The Morgan fingerprint density at radius 3 is 2.26 bits per heavy atom. The maximum atomic E-state index is 12.9. The largest absolute Gasteiger partial charge is 0.486 e. The summed E-state index contributed by atoms with van der Waals surface area (Å²) in [6.07, 6.45) is -14.4. The van der Waals surface area contributed by atoms with Crippen molar-refractivity contribution in [3.8, 4) is 0 Å². The van der Waals surface area contributed by atoms with E-state index in [1.165, 1.54) is 6.92 Å². The second kappa shape index (κ2) is 10.6. The SMILES string of the molecule is C[C@H]1O[C@@H](OP(=O)(OC[C@@H]2O[C@H](n3ccc(=O)[nH]c3=O)C(O)C2O)OP(=O)(O)O)[C@H](O)[C@@H](O)[C@@H]1O. The fourth-order valence-corrected chi connectivity index (χ4v) is 5.52. The molecule has 10 atom stereocenters. The minimum absolute atomic E-state index is 0.734. The van der Waals surface area contributed by atoms with E-state index in [0.717, 1.165) is 16.8 Å². The smallest absolute Gasteiger partial charge is 0.388 e. The van der Waals surface area contributed by atoms with Crippen LogP contribution in [0.25, 0.3) is 0 Å². The van der Waals surface area contributed by atoms with Crippen LogP contribution in [0.15, 0.2) is 21.9 Å². The van der Waals surface area contributed by atoms with E-state index in [1.54, 1.807) is 0 Å². The van der Waals surface area contributed by atoms with Crippen LogP contribution in [0.5, 0.6) is 0 Å². The highest BCUT2D eigenvalue weighted by Gasteiger charge is 2.50. The molecule has 0 aromatic carbocycles. The molecule has 2 aliphatic rings. The summed E-state index contributed by atoms with van der Waals surface area (Å²) in [5.41, 5.74) is -1.74. The lowest BCUT2D eigenvalue weighted by atomic mass is 10.0. The Morgan fingerprint density at radius 2 is 1.66 bits per heavy atom. The normalized spacial score (nSPS) is 37.8. The van der Waals surface area contributed by atoms with Crippen LogP contribution in [0, 0.1) is 0 Å². The van der Waals surface area contributed by atoms with Gasteiger partial charge in [0.1, 0.15) is 36.6 Å². The predicted molar refractivity (Wildman–Crippen MR) is 107 cm³/mol. The molecule has 3 unspecified atom stereocenters. The van der Waals surface area contributed by atoms with E-state index >= 15 is 0 Å². The lowest BCUT2D eigenvalue weighted by Crippen LogP contribution is -2.57. The fourth-order valence-electron chi connectivity index (χ4n) is 3.32. The Labute approximate surface area is 195 Å². The van der Waals surface area contributed by atoms with E-state index < -0.39 is 88.7 Å². The van der Waals surface area contributed by atoms with E-state index in [2.05, 4.69) is 4.31 Å². The molecule has 35 heavy (non-hydrogen) atoms. The Bertz CT molecular complexity index is 1100. The Hall–Kier alpha value is -1.34. The van der Waals surface area contributed by atoms with Gasteiger partial charge in [-0.1, -0.05) is 0 Å². The molecule has 200 valence electrons. The van der Waals surface area contributed by atoms with Gasteiger partial charge in [-0.3, -0.25) is 23.4 Å². The third kappa shape index (κ3) is 6.51. The maximum absolute atomic E-state index is 12.9. The van der Waals surface area contributed by atoms with Crippen molar-refractivity contribution in [3.05, 3.63) is 33.1 Å². The molecule has 20 heteroatoms. The quantitative estimate of drug-likeness (QED) is 0.144. The van der Waals surface area contributed by atoms with E-state index in [-0.39, 0.29) is 0 Å². The van der Waals surface area contributed by atoms with Crippen LogP contribution in [-0.2, 0) is 32.0 Å². The molecule has 1 aromatic heterocycles.